The topological polar surface area (TPSA) is 102 Å². The van der Waals surface area contributed by atoms with Gasteiger partial charge in [-0.3, -0.25) is 4.79 Å². The fourth-order valence-electron chi connectivity index (χ4n) is 0.940. The Morgan fingerprint density at radius 2 is 2.33 bits per heavy atom. The second-order valence-electron chi connectivity index (χ2n) is 3.01. The third-order valence-electron chi connectivity index (χ3n) is 1.69. The molecule has 0 amide bonds. The lowest BCUT2D eigenvalue weighted by molar-refractivity contribution is -0.137. The first kappa shape index (κ1) is 11.8. The van der Waals surface area contributed by atoms with Crippen LogP contribution in [0, 0.1) is 0 Å². The van der Waals surface area contributed by atoms with Crippen LogP contribution in [0.4, 0.5) is 5.82 Å². The Kier molecular flexibility index (Phi) is 4.38. The number of hydrogen-bond acceptors (Lipinski definition) is 5. The van der Waals surface area contributed by atoms with Gasteiger partial charge in [-0.05, 0) is 12.1 Å². The molecule has 0 saturated carbocycles. The molecule has 0 unspecified atom stereocenters. The molecule has 1 rings (SSSR count). The Hall–Kier alpha value is -1.27. The molecule has 0 aliphatic heterocycles. The van der Waals surface area contributed by atoms with E-state index in [9.17, 15) is 4.79 Å². The molecular formula is C9H13N3O2S. The molecule has 1 atom stereocenters. The Bertz CT molecular complexity index is 346. The minimum Gasteiger partial charge on any atom is -0.480 e. The van der Waals surface area contributed by atoms with E-state index >= 15 is 0 Å². The normalized spacial score (nSPS) is 12.3. The van der Waals surface area contributed by atoms with Crippen LogP contribution in [0.25, 0.3) is 0 Å². The summed E-state index contributed by atoms with van der Waals surface area (Å²) in [7, 11) is 0. The van der Waals surface area contributed by atoms with Crippen molar-refractivity contribution in [3.8, 4) is 0 Å². The lowest BCUT2D eigenvalue weighted by Gasteiger charge is -2.05. The van der Waals surface area contributed by atoms with Crippen LogP contribution in [0.5, 0.6) is 0 Å². The Morgan fingerprint density at radius 3 is 2.93 bits per heavy atom. The number of aromatic nitrogens is 1. The van der Waals surface area contributed by atoms with Gasteiger partial charge in [0.1, 0.15) is 11.9 Å². The highest BCUT2D eigenvalue weighted by atomic mass is 32.2. The van der Waals surface area contributed by atoms with Crippen molar-refractivity contribution in [2.24, 2.45) is 5.73 Å². The lowest BCUT2D eigenvalue weighted by atomic mass is 10.4. The predicted octanol–water partition coefficient (Wildman–Crippen LogP) is 0.309. The van der Waals surface area contributed by atoms with Crippen molar-refractivity contribution in [1.29, 1.82) is 0 Å². The predicted molar refractivity (Wildman–Crippen MR) is 60.4 cm³/mol. The molecule has 1 aromatic rings. The first-order valence-electron chi connectivity index (χ1n) is 4.37. The summed E-state index contributed by atoms with van der Waals surface area (Å²) < 4.78 is 0. The third kappa shape index (κ3) is 4.18. The number of nitrogen functional groups attached to an aromatic ring is 1. The zero-order chi connectivity index (χ0) is 11.3. The highest BCUT2D eigenvalue weighted by Gasteiger charge is 2.10. The fourth-order valence-corrected chi connectivity index (χ4v) is 1.82. The number of carbonyl (C=O) groups is 1. The van der Waals surface area contributed by atoms with Crippen molar-refractivity contribution in [3.05, 3.63) is 23.9 Å². The maximum absolute atomic E-state index is 10.4. The van der Waals surface area contributed by atoms with Gasteiger partial charge in [0.05, 0.1) is 5.69 Å². The number of nitrogens with zero attached hydrogens (tertiary/aromatic N) is 1. The van der Waals surface area contributed by atoms with Crippen molar-refractivity contribution < 1.29 is 9.90 Å². The summed E-state index contributed by atoms with van der Waals surface area (Å²) in [6.45, 7) is 0. The molecule has 0 radical (unpaired) electrons. The van der Waals surface area contributed by atoms with E-state index in [0.717, 1.165) is 5.69 Å². The second-order valence-corrected chi connectivity index (χ2v) is 4.04. The molecule has 0 bridgehead atoms. The van der Waals surface area contributed by atoms with Crippen LogP contribution >= 0.6 is 11.8 Å². The number of rotatable bonds is 5. The van der Waals surface area contributed by atoms with Crippen LogP contribution in [-0.2, 0) is 10.5 Å². The first-order chi connectivity index (χ1) is 7.09. The van der Waals surface area contributed by atoms with E-state index in [-0.39, 0.29) is 0 Å². The minimum absolute atomic E-state index is 0.367. The third-order valence-corrected chi connectivity index (χ3v) is 2.79. The molecular weight excluding hydrogens is 214 g/mol. The average Bonchev–Trinajstić information content (AvgIpc) is 2.17. The molecule has 6 heteroatoms. The highest BCUT2D eigenvalue weighted by Crippen LogP contribution is 2.11. The lowest BCUT2D eigenvalue weighted by Crippen LogP contribution is -2.32. The molecule has 0 aliphatic rings. The molecule has 15 heavy (non-hydrogen) atoms. The molecule has 0 aliphatic carbocycles. The van der Waals surface area contributed by atoms with Gasteiger partial charge in [0, 0.05) is 11.5 Å². The number of pyridine rings is 1. The van der Waals surface area contributed by atoms with E-state index in [2.05, 4.69) is 4.98 Å². The molecule has 5 nitrogen and oxygen atoms in total. The summed E-state index contributed by atoms with van der Waals surface area (Å²) in [6, 6.07) is 4.54. The largest absolute Gasteiger partial charge is 0.480 e. The van der Waals surface area contributed by atoms with Gasteiger partial charge in [-0.15, -0.1) is 0 Å². The first-order valence-corrected chi connectivity index (χ1v) is 5.52. The molecule has 0 saturated heterocycles. The monoisotopic (exact) mass is 227 g/mol. The van der Waals surface area contributed by atoms with Crippen molar-refractivity contribution in [2.75, 3.05) is 11.5 Å². The van der Waals surface area contributed by atoms with E-state index in [1.807, 2.05) is 12.1 Å². The molecule has 0 aromatic carbocycles. The van der Waals surface area contributed by atoms with E-state index in [4.69, 9.17) is 16.6 Å². The minimum atomic E-state index is -0.983. The van der Waals surface area contributed by atoms with Gasteiger partial charge in [-0.2, -0.15) is 11.8 Å². The summed E-state index contributed by atoms with van der Waals surface area (Å²) in [5.74, 6) is 0.469. The Labute approximate surface area is 91.9 Å². The number of thioether (sulfide) groups is 1. The van der Waals surface area contributed by atoms with Crippen LogP contribution in [-0.4, -0.2) is 27.9 Å². The fraction of sp³-hybridized carbons (Fsp3) is 0.333. The number of hydrogen-bond donors (Lipinski definition) is 3. The SMILES string of the molecule is Nc1cccc(CSC[C@H](N)C(=O)O)n1. The second kappa shape index (κ2) is 5.57. The zero-order valence-corrected chi connectivity index (χ0v) is 8.91. The van der Waals surface area contributed by atoms with E-state index in [1.54, 1.807) is 6.07 Å². The van der Waals surface area contributed by atoms with E-state index in [1.165, 1.54) is 11.8 Å². The number of carboxylic acid groups (broad SMARTS) is 1. The van der Waals surface area contributed by atoms with Gasteiger partial charge >= 0.3 is 5.97 Å². The van der Waals surface area contributed by atoms with Crippen LogP contribution < -0.4 is 11.5 Å². The number of carboxylic acids is 1. The van der Waals surface area contributed by atoms with Crippen molar-refractivity contribution in [2.45, 2.75) is 11.8 Å². The summed E-state index contributed by atoms with van der Waals surface area (Å²) >= 11 is 1.43. The zero-order valence-electron chi connectivity index (χ0n) is 8.09. The number of nitrogens with two attached hydrogens (primary N) is 2. The maximum Gasteiger partial charge on any atom is 0.321 e. The molecule has 1 heterocycles. The Morgan fingerprint density at radius 1 is 1.60 bits per heavy atom. The summed E-state index contributed by atoms with van der Waals surface area (Å²) in [5, 5.41) is 8.55. The quantitative estimate of drug-likeness (QED) is 0.669. The van der Waals surface area contributed by atoms with Crippen LogP contribution in [0.15, 0.2) is 18.2 Å². The molecule has 0 fully saturated rings. The highest BCUT2D eigenvalue weighted by molar-refractivity contribution is 7.98. The number of anilines is 1. The summed E-state index contributed by atoms with van der Waals surface area (Å²) in [6.07, 6.45) is 0. The molecule has 1 aromatic heterocycles. The average molecular weight is 227 g/mol. The van der Waals surface area contributed by atoms with E-state index in [0.29, 0.717) is 17.3 Å². The molecule has 82 valence electrons. The number of aliphatic carboxylic acids is 1. The van der Waals surface area contributed by atoms with Gasteiger partial charge < -0.3 is 16.6 Å². The summed E-state index contributed by atoms with van der Waals surface area (Å²) in [4.78, 5) is 14.5. The van der Waals surface area contributed by atoms with Gasteiger partial charge in [-0.1, -0.05) is 6.07 Å². The van der Waals surface area contributed by atoms with Crippen LogP contribution in [0.3, 0.4) is 0 Å². The van der Waals surface area contributed by atoms with E-state index < -0.39 is 12.0 Å². The summed E-state index contributed by atoms with van der Waals surface area (Å²) in [5.41, 5.74) is 11.7. The van der Waals surface area contributed by atoms with Crippen molar-refractivity contribution in [3.63, 3.8) is 0 Å². The maximum atomic E-state index is 10.4. The van der Waals surface area contributed by atoms with Crippen LogP contribution in [0.1, 0.15) is 5.69 Å². The van der Waals surface area contributed by atoms with Crippen molar-refractivity contribution >= 4 is 23.5 Å². The smallest absolute Gasteiger partial charge is 0.321 e. The van der Waals surface area contributed by atoms with Gasteiger partial charge in [-0.25, -0.2) is 4.98 Å². The van der Waals surface area contributed by atoms with Gasteiger partial charge in [0.25, 0.3) is 0 Å². The van der Waals surface area contributed by atoms with Gasteiger partial charge in [0.15, 0.2) is 0 Å². The molecule has 5 N–H and O–H groups in total. The standard InChI is InChI=1S/C9H13N3O2S/c10-7(9(13)14)5-15-4-6-2-1-3-8(11)12-6/h1-3,7H,4-5,10H2,(H2,11,12)(H,13,14)/t7-/m0/s1. The van der Waals surface area contributed by atoms with Crippen LogP contribution in [0.2, 0.25) is 0 Å². The Balaban J connectivity index is 2.35. The van der Waals surface area contributed by atoms with Crippen molar-refractivity contribution in [1.82, 2.24) is 4.98 Å². The molecule has 0 spiro atoms. The van der Waals surface area contributed by atoms with Gasteiger partial charge in [0.2, 0.25) is 0 Å².